The van der Waals surface area contributed by atoms with Crippen molar-refractivity contribution < 1.29 is 13.2 Å². The summed E-state index contributed by atoms with van der Waals surface area (Å²) in [6, 6.07) is 4.64. The first kappa shape index (κ1) is 14.3. The van der Waals surface area contributed by atoms with E-state index in [1.165, 1.54) is 6.07 Å². The quantitative estimate of drug-likeness (QED) is 0.907. The summed E-state index contributed by atoms with van der Waals surface area (Å²) in [6.07, 6.45) is 1.38. The summed E-state index contributed by atoms with van der Waals surface area (Å²) in [5.41, 5.74) is 0. The summed E-state index contributed by atoms with van der Waals surface area (Å²) in [4.78, 5) is 0.110. The van der Waals surface area contributed by atoms with Crippen LogP contribution in [0.15, 0.2) is 27.6 Å². The van der Waals surface area contributed by atoms with Crippen LogP contribution in [0.4, 0.5) is 0 Å². The van der Waals surface area contributed by atoms with Gasteiger partial charge < -0.3 is 4.74 Å². The highest BCUT2D eigenvalue weighted by atomic mass is 79.9. The summed E-state index contributed by atoms with van der Waals surface area (Å²) in [5, 5.41) is 0.212. The average Bonchev–Trinajstić information content (AvgIpc) is 2.29. The monoisotopic (exact) mass is 353 g/mol. The second-order valence-electron chi connectivity index (χ2n) is 4.08. The molecule has 0 spiro atoms. The van der Waals surface area contributed by atoms with Crippen LogP contribution in [0.3, 0.4) is 0 Å². The third kappa shape index (κ3) is 3.45. The van der Waals surface area contributed by atoms with Crippen molar-refractivity contribution in [3.05, 3.63) is 27.7 Å². The van der Waals surface area contributed by atoms with Crippen molar-refractivity contribution >= 4 is 37.6 Å². The number of hydrogen-bond donors (Lipinski definition) is 1. The van der Waals surface area contributed by atoms with Gasteiger partial charge in [-0.05, 0) is 31.0 Å². The standard InChI is InChI=1S/C11H13BrClNO3S/c12-8-1-2-11(10(13)7-8)18(15,16)14-9-3-5-17-6-4-9/h1-2,7,9,14H,3-6H2. The Balaban J connectivity index is 2.19. The molecule has 4 nitrogen and oxygen atoms in total. The van der Waals surface area contributed by atoms with Crippen LogP contribution in [0.5, 0.6) is 0 Å². The van der Waals surface area contributed by atoms with E-state index >= 15 is 0 Å². The lowest BCUT2D eigenvalue weighted by molar-refractivity contribution is 0.0832. The molecule has 1 aliphatic heterocycles. The Bertz CT molecular complexity index is 529. The molecule has 1 aromatic carbocycles. The Morgan fingerprint density at radius 3 is 2.61 bits per heavy atom. The van der Waals surface area contributed by atoms with Crippen LogP contribution in [0, 0.1) is 0 Å². The Labute approximate surface area is 120 Å². The molecule has 1 N–H and O–H groups in total. The number of sulfonamides is 1. The maximum Gasteiger partial charge on any atom is 0.242 e. The molecule has 0 bridgehead atoms. The highest BCUT2D eigenvalue weighted by Crippen LogP contribution is 2.25. The third-order valence-corrected chi connectivity index (χ3v) is 5.22. The first-order valence-corrected chi connectivity index (χ1v) is 8.19. The van der Waals surface area contributed by atoms with Gasteiger partial charge in [0.15, 0.2) is 0 Å². The van der Waals surface area contributed by atoms with Gasteiger partial charge in [-0.1, -0.05) is 27.5 Å². The molecule has 1 fully saturated rings. The topological polar surface area (TPSA) is 55.4 Å². The third-order valence-electron chi connectivity index (χ3n) is 2.73. The van der Waals surface area contributed by atoms with Crippen LogP contribution in [-0.2, 0) is 14.8 Å². The Morgan fingerprint density at radius 2 is 2.00 bits per heavy atom. The predicted molar refractivity (Wildman–Crippen MR) is 73.3 cm³/mol. The van der Waals surface area contributed by atoms with Crippen LogP contribution >= 0.6 is 27.5 Å². The van der Waals surface area contributed by atoms with E-state index in [1.54, 1.807) is 12.1 Å². The smallest absolute Gasteiger partial charge is 0.242 e. The lowest BCUT2D eigenvalue weighted by Gasteiger charge is -2.23. The fraction of sp³-hybridized carbons (Fsp3) is 0.455. The molecular weight excluding hydrogens is 342 g/mol. The maximum absolute atomic E-state index is 12.2. The zero-order chi connectivity index (χ0) is 13.2. The van der Waals surface area contributed by atoms with E-state index in [9.17, 15) is 8.42 Å². The molecule has 2 rings (SSSR count). The molecule has 0 amide bonds. The van der Waals surface area contributed by atoms with E-state index in [0.717, 1.165) is 4.47 Å². The average molecular weight is 355 g/mol. The van der Waals surface area contributed by atoms with Crippen LogP contribution in [-0.4, -0.2) is 27.7 Å². The first-order chi connectivity index (χ1) is 8.49. The summed E-state index contributed by atoms with van der Waals surface area (Å²) >= 11 is 9.20. The number of rotatable bonds is 3. The molecule has 0 atom stereocenters. The number of hydrogen-bond acceptors (Lipinski definition) is 3. The Morgan fingerprint density at radius 1 is 1.33 bits per heavy atom. The number of halogens is 2. The zero-order valence-corrected chi connectivity index (χ0v) is 12.7. The minimum Gasteiger partial charge on any atom is -0.381 e. The fourth-order valence-corrected chi connectivity index (χ4v) is 4.13. The van der Waals surface area contributed by atoms with Crippen LogP contribution in [0.1, 0.15) is 12.8 Å². The van der Waals surface area contributed by atoms with Gasteiger partial charge in [0.1, 0.15) is 4.90 Å². The minimum absolute atomic E-state index is 0.0801. The van der Waals surface area contributed by atoms with Gasteiger partial charge in [-0.15, -0.1) is 0 Å². The Kier molecular flexibility index (Phi) is 4.66. The van der Waals surface area contributed by atoms with Gasteiger partial charge in [-0.3, -0.25) is 0 Å². The van der Waals surface area contributed by atoms with Gasteiger partial charge in [0, 0.05) is 23.7 Å². The molecule has 7 heteroatoms. The Hall–Kier alpha value is -0.140. The van der Waals surface area contributed by atoms with E-state index in [4.69, 9.17) is 16.3 Å². The van der Waals surface area contributed by atoms with E-state index in [0.29, 0.717) is 26.1 Å². The normalized spacial score (nSPS) is 17.9. The van der Waals surface area contributed by atoms with Gasteiger partial charge in [-0.25, -0.2) is 13.1 Å². The van der Waals surface area contributed by atoms with E-state index in [-0.39, 0.29) is 16.0 Å². The van der Waals surface area contributed by atoms with E-state index < -0.39 is 10.0 Å². The SMILES string of the molecule is O=S(=O)(NC1CCOCC1)c1ccc(Br)cc1Cl. The molecule has 1 aromatic rings. The summed E-state index contributed by atoms with van der Waals surface area (Å²) in [6.45, 7) is 1.17. The van der Waals surface area contributed by atoms with Crippen LogP contribution in [0.2, 0.25) is 5.02 Å². The molecule has 1 aliphatic rings. The van der Waals surface area contributed by atoms with Gasteiger partial charge in [0.2, 0.25) is 10.0 Å². The van der Waals surface area contributed by atoms with Crippen molar-refractivity contribution in [2.75, 3.05) is 13.2 Å². The second kappa shape index (κ2) is 5.88. The maximum atomic E-state index is 12.2. The predicted octanol–water partition coefficient (Wildman–Crippen LogP) is 2.56. The molecule has 18 heavy (non-hydrogen) atoms. The highest BCUT2D eigenvalue weighted by molar-refractivity contribution is 9.10. The number of nitrogens with one attached hydrogen (secondary N) is 1. The summed E-state index contributed by atoms with van der Waals surface area (Å²) in [7, 11) is -3.57. The van der Waals surface area contributed by atoms with Crippen LogP contribution < -0.4 is 4.72 Å². The fourth-order valence-electron chi connectivity index (χ4n) is 1.79. The molecule has 1 saturated heterocycles. The van der Waals surface area contributed by atoms with Crippen molar-refractivity contribution in [1.29, 1.82) is 0 Å². The molecule has 0 aromatic heterocycles. The lowest BCUT2D eigenvalue weighted by atomic mass is 10.1. The van der Waals surface area contributed by atoms with Crippen molar-refractivity contribution in [2.45, 2.75) is 23.8 Å². The molecule has 0 aliphatic carbocycles. The van der Waals surface area contributed by atoms with Gasteiger partial charge in [0.05, 0.1) is 5.02 Å². The molecule has 0 radical (unpaired) electrons. The number of ether oxygens (including phenoxy) is 1. The van der Waals surface area contributed by atoms with E-state index in [2.05, 4.69) is 20.7 Å². The number of benzene rings is 1. The molecule has 100 valence electrons. The van der Waals surface area contributed by atoms with E-state index in [1.807, 2.05) is 0 Å². The molecule has 1 heterocycles. The second-order valence-corrected chi connectivity index (χ2v) is 7.09. The lowest BCUT2D eigenvalue weighted by Crippen LogP contribution is -2.38. The summed E-state index contributed by atoms with van der Waals surface area (Å²) in [5.74, 6) is 0. The molecule has 0 unspecified atom stereocenters. The first-order valence-electron chi connectivity index (χ1n) is 5.54. The van der Waals surface area contributed by atoms with Gasteiger partial charge in [-0.2, -0.15) is 0 Å². The van der Waals surface area contributed by atoms with Crippen LogP contribution in [0.25, 0.3) is 0 Å². The minimum atomic E-state index is -3.57. The highest BCUT2D eigenvalue weighted by Gasteiger charge is 2.23. The van der Waals surface area contributed by atoms with Crippen molar-refractivity contribution in [3.63, 3.8) is 0 Å². The van der Waals surface area contributed by atoms with Crippen molar-refractivity contribution in [2.24, 2.45) is 0 Å². The summed E-state index contributed by atoms with van der Waals surface area (Å²) < 4.78 is 33.0. The zero-order valence-electron chi connectivity index (χ0n) is 9.53. The largest absolute Gasteiger partial charge is 0.381 e. The molecular formula is C11H13BrClNO3S. The van der Waals surface area contributed by atoms with Crippen molar-refractivity contribution in [3.8, 4) is 0 Å². The molecule has 0 saturated carbocycles. The van der Waals surface area contributed by atoms with Gasteiger partial charge in [0.25, 0.3) is 0 Å². The van der Waals surface area contributed by atoms with Crippen molar-refractivity contribution in [1.82, 2.24) is 4.72 Å². The van der Waals surface area contributed by atoms with Gasteiger partial charge >= 0.3 is 0 Å².